The third-order valence-corrected chi connectivity index (χ3v) is 6.13. The smallest absolute Gasteiger partial charge is 0.186 e. The molecule has 2 aromatic heterocycles. The molecule has 5 rings (SSSR count). The van der Waals surface area contributed by atoms with Gasteiger partial charge in [0.15, 0.2) is 6.54 Å². The molecular formula is C22H20NS+. The fourth-order valence-corrected chi connectivity index (χ4v) is 4.85. The number of fused-ring (bicyclic) bond motifs is 8. The molecule has 0 N–H and O–H groups in total. The first-order valence-corrected chi connectivity index (χ1v) is 9.37. The van der Waals surface area contributed by atoms with E-state index in [1.165, 1.54) is 43.4 Å². The average molecular weight is 330 g/mol. The molecule has 3 heterocycles. The summed E-state index contributed by atoms with van der Waals surface area (Å²) in [4.78, 5) is 0. The number of benzene rings is 2. The molecule has 0 atom stereocenters. The average Bonchev–Trinajstić information content (AvgIpc) is 3.17. The summed E-state index contributed by atoms with van der Waals surface area (Å²) in [6, 6.07) is 18.1. The van der Waals surface area contributed by atoms with Crippen LogP contribution >= 0.6 is 11.3 Å². The van der Waals surface area contributed by atoms with Crippen LogP contribution in [0.1, 0.15) is 31.9 Å². The Morgan fingerprint density at radius 3 is 2.62 bits per heavy atom. The fourth-order valence-electron chi connectivity index (χ4n) is 3.92. The Labute approximate surface area is 146 Å². The summed E-state index contributed by atoms with van der Waals surface area (Å²) in [6.07, 6.45) is 0. The topological polar surface area (TPSA) is 3.88 Å². The van der Waals surface area contributed by atoms with Crippen molar-refractivity contribution >= 4 is 32.3 Å². The predicted octanol–water partition coefficient (Wildman–Crippen LogP) is 5.67. The van der Waals surface area contributed by atoms with Gasteiger partial charge in [-0.2, -0.15) is 4.57 Å². The molecule has 0 radical (unpaired) electrons. The number of pyridine rings is 1. The SMILES string of the molecule is CC(C)(C)c1ccc2c(c1)C[n+]1c-2c2ccsc2c2ccccc21. The number of nitrogens with zero attached hydrogens (tertiary/aromatic N) is 1. The molecule has 0 spiro atoms. The molecule has 0 saturated carbocycles. The van der Waals surface area contributed by atoms with Gasteiger partial charge < -0.3 is 0 Å². The van der Waals surface area contributed by atoms with E-state index in [-0.39, 0.29) is 5.41 Å². The molecule has 4 aromatic rings. The van der Waals surface area contributed by atoms with Crippen molar-refractivity contribution in [2.24, 2.45) is 0 Å². The molecule has 0 amide bonds. The molecule has 0 fully saturated rings. The van der Waals surface area contributed by atoms with E-state index in [1.807, 2.05) is 11.3 Å². The van der Waals surface area contributed by atoms with E-state index in [0.717, 1.165) is 6.54 Å². The molecule has 118 valence electrons. The Hall–Kier alpha value is -2.19. The Balaban J connectivity index is 1.87. The molecule has 0 bridgehead atoms. The minimum absolute atomic E-state index is 0.189. The molecular weight excluding hydrogens is 310 g/mol. The van der Waals surface area contributed by atoms with Crippen LogP contribution in [0.3, 0.4) is 0 Å². The number of hydrogen-bond acceptors (Lipinski definition) is 1. The second kappa shape index (κ2) is 4.67. The van der Waals surface area contributed by atoms with Crippen LogP contribution in [0.5, 0.6) is 0 Å². The van der Waals surface area contributed by atoms with E-state index in [0.29, 0.717) is 0 Å². The van der Waals surface area contributed by atoms with Gasteiger partial charge in [-0.05, 0) is 40.6 Å². The quantitative estimate of drug-likeness (QED) is 0.322. The standard InChI is InChI=1S/C22H20NS/c1-22(2,3)15-8-9-16-14(12-15)13-23-19-7-5-4-6-17(19)21-18(20(16)23)10-11-24-21/h4-12H,13H2,1-3H3/q+1. The fraction of sp³-hybridized carbons (Fsp3) is 0.227. The molecule has 0 aliphatic carbocycles. The lowest BCUT2D eigenvalue weighted by Crippen LogP contribution is -2.33. The molecule has 1 nitrogen and oxygen atoms in total. The van der Waals surface area contributed by atoms with Gasteiger partial charge in [-0.15, -0.1) is 11.3 Å². The number of para-hydroxylation sites is 1. The van der Waals surface area contributed by atoms with Crippen LogP contribution in [0, 0.1) is 0 Å². The van der Waals surface area contributed by atoms with E-state index in [4.69, 9.17) is 0 Å². The van der Waals surface area contributed by atoms with Gasteiger partial charge in [-0.25, -0.2) is 0 Å². The van der Waals surface area contributed by atoms with Gasteiger partial charge in [0, 0.05) is 11.6 Å². The molecule has 1 aliphatic heterocycles. The first kappa shape index (κ1) is 14.2. The normalized spacial score (nSPS) is 13.5. The largest absolute Gasteiger partial charge is 0.222 e. The van der Waals surface area contributed by atoms with E-state index < -0.39 is 0 Å². The maximum Gasteiger partial charge on any atom is 0.222 e. The van der Waals surface area contributed by atoms with Gasteiger partial charge in [-0.3, -0.25) is 0 Å². The summed E-state index contributed by atoms with van der Waals surface area (Å²) in [5, 5.41) is 4.98. The molecule has 24 heavy (non-hydrogen) atoms. The van der Waals surface area contributed by atoms with Crippen LogP contribution < -0.4 is 4.57 Å². The summed E-state index contributed by atoms with van der Waals surface area (Å²) < 4.78 is 3.91. The maximum atomic E-state index is 2.50. The maximum absolute atomic E-state index is 2.50. The van der Waals surface area contributed by atoms with Crippen LogP contribution in [-0.4, -0.2) is 0 Å². The Kier molecular flexibility index (Phi) is 2.76. The molecule has 2 heteroatoms. The van der Waals surface area contributed by atoms with E-state index in [9.17, 15) is 0 Å². The van der Waals surface area contributed by atoms with Crippen LogP contribution in [0.15, 0.2) is 53.9 Å². The highest BCUT2D eigenvalue weighted by Gasteiger charge is 2.32. The number of rotatable bonds is 0. The van der Waals surface area contributed by atoms with E-state index in [2.05, 4.69) is 79.2 Å². The molecule has 2 aromatic carbocycles. The van der Waals surface area contributed by atoms with Gasteiger partial charge >= 0.3 is 0 Å². The second-order valence-electron chi connectivity index (χ2n) is 7.74. The first-order chi connectivity index (χ1) is 11.5. The van der Waals surface area contributed by atoms with Crippen molar-refractivity contribution in [3.8, 4) is 11.3 Å². The predicted molar refractivity (Wildman–Crippen MR) is 103 cm³/mol. The summed E-state index contributed by atoms with van der Waals surface area (Å²) in [5.41, 5.74) is 7.19. The number of thiophene rings is 1. The van der Waals surface area contributed by atoms with E-state index >= 15 is 0 Å². The van der Waals surface area contributed by atoms with Crippen molar-refractivity contribution in [3.63, 3.8) is 0 Å². The third kappa shape index (κ3) is 1.83. The lowest BCUT2D eigenvalue weighted by molar-refractivity contribution is -0.644. The van der Waals surface area contributed by atoms with Gasteiger partial charge in [0.2, 0.25) is 11.2 Å². The highest BCUT2D eigenvalue weighted by atomic mass is 32.1. The van der Waals surface area contributed by atoms with Crippen molar-refractivity contribution in [3.05, 3.63) is 65.0 Å². The molecule has 0 saturated heterocycles. The third-order valence-electron chi connectivity index (χ3n) is 5.18. The zero-order valence-corrected chi connectivity index (χ0v) is 15.1. The first-order valence-electron chi connectivity index (χ1n) is 8.49. The van der Waals surface area contributed by atoms with Crippen LogP contribution in [0.2, 0.25) is 0 Å². The van der Waals surface area contributed by atoms with Crippen molar-refractivity contribution in [2.45, 2.75) is 32.7 Å². The summed E-state index contributed by atoms with van der Waals surface area (Å²) >= 11 is 1.85. The van der Waals surface area contributed by atoms with Crippen molar-refractivity contribution in [2.75, 3.05) is 0 Å². The highest BCUT2D eigenvalue weighted by Crippen LogP contribution is 2.40. The minimum atomic E-state index is 0.189. The number of aromatic nitrogens is 1. The lowest BCUT2D eigenvalue weighted by Gasteiger charge is -2.19. The monoisotopic (exact) mass is 330 g/mol. The highest BCUT2D eigenvalue weighted by molar-refractivity contribution is 7.18. The van der Waals surface area contributed by atoms with Gasteiger partial charge in [-0.1, -0.05) is 39.0 Å². The van der Waals surface area contributed by atoms with Crippen LogP contribution in [0.4, 0.5) is 0 Å². The van der Waals surface area contributed by atoms with Gasteiger partial charge in [0.25, 0.3) is 0 Å². The van der Waals surface area contributed by atoms with E-state index in [1.54, 1.807) is 0 Å². The number of hydrogen-bond donors (Lipinski definition) is 0. The Morgan fingerprint density at radius 1 is 0.958 bits per heavy atom. The second-order valence-corrected chi connectivity index (χ2v) is 8.65. The van der Waals surface area contributed by atoms with Crippen molar-refractivity contribution < 1.29 is 4.57 Å². The summed E-state index contributed by atoms with van der Waals surface area (Å²) in [7, 11) is 0. The van der Waals surface area contributed by atoms with Crippen molar-refractivity contribution in [1.29, 1.82) is 0 Å². The van der Waals surface area contributed by atoms with Gasteiger partial charge in [0.1, 0.15) is 0 Å². The Bertz CT molecular complexity index is 1110. The molecule has 0 unspecified atom stereocenters. The Morgan fingerprint density at radius 2 is 1.79 bits per heavy atom. The lowest BCUT2D eigenvalue weighted by atomic mass is 9.85. The summed E-state index contributed by atoms with van der Waals surface area (Å²) in [6.45, 7) is 7.84. The zero-order valence-electron chi connectivity index (χ0n) is 14.3. The van der Waals surface area contributed by atoms with Crippen molar-refractivity contribution in [1.82, 2.24) is 0 Å². The van der Waals surface area contributed by atoms with Crippen LogP contribution in [-0.2, 0) is 12.0 Å². The zero-order chi connectivity index (χ0) is 16.5. The van der Waals surface area contributed by atoms with Gasteiger partial charge in [0.05, 0.1) is 21.0 Å². The summed E-state index contributed by atoms with van der Waals surface area (Å²) in [5.74, 6) is 0. The van der Waals surface area contributed by atoms with Crippen LogP contribution in [0.25, 0.3) is 32.2 Å². The molecule has 1 aliphatic rings. The minimum Gasteiger partial charge on any atom is -0.186 e.